The molecular weight excluding hydrogens is 314 g/mol. The molecule has 3 N–H and O–H groups in total. The summed E-state index contributed by atoms with van der Waals surface area (Å²) in [7, 11) is -7.16. The molecule has 1 atom stereocenters. The number of sulfone groups is 2. The second kappa shape index (κ2) is 5.30. The minimum Gasteiger partial charge on any atom is -0.370 e. The van der Waals surface area contributed by atoms with Gasteiger partial charge in [-0.3, -0.25) is 0 Å². The Morgan fingerprint density at radius 1 is 1.14 bits per heavy atom. The van der Waals surface area contributed by atoms with Gasteiger partial charge in [-0.2, -0.15) is 0 Å². The highest BCUT2D eigenvalue weighted by Crippen LogP contribution is 2.34. The van der Waals surface area contributed by atoms with Crippen LogP contribution in [0.2, 0.25) is 0 Å². The zero-order chi connectivity index (χ0) is 15.8. The van der Waals surface area contributed by atoms with Crippen molar-refractivity contribution in [1.29, 1.82) is 0 Å². The van der Waals surface area contributed by atoms with E-state index in [-0.39, 0.29) is 21.3 Å². The predicted molar refractivity (Wildman–Crippen MR) is 79.6 cm³/mol. The van der Waals surface area contributed by atoms with Gasteiger partial charge in [0.15, 0.2) is 25.6 Å². The number of nitrogens with one attached hydrogen (secondary N) is 1. The molecule has 0 aliphatic carbocycles. The van der Waals surface area contributed by atoms with Crippen LogP contribution in [0, 0.1) is 0 Å². The number of hydrogen-bond donors (Lipinski definition) is 2. The molecule has 0 saturated heterocycles. The zero-order valence-corrected chi connectivity index (χ0v) is 13.3. The second-order valence-corrected chi connectivity index (χ2v) is 8.93. The van der Waals surface area contributed by atoms with Crippen LogP contribution in [0.3, 0.4) is 0 Å². The lowest BCUT2D eigenvalue weighted by Crippen LogP contribution is -2.37. The van der Waals surface area contributed by atoms with Crippen molar-refractivity contribution in [1.82, 2.24) is 5.32 Å². The molecule has 0 fully saturated rings. The van der Waals surface area contributed by atoms with Gasteiger partial charge in [0, 0.05) is 24.6 Å². The van der Waals surface area contributed by atoms with E-state index >= 15 is 0 Å². The topological polar surface area (TPSA) is 119 Å². The highest BCUT2D eigenvalue weighted by Gasteiger charge is 2.28. The van der Waals surface area contributed by atoms with Gasteiger partial charge < -0.3 is 11.1 Å². The summed E-state index contributed by atoms with van der Waals surface area (Å²) >= 11 is 0. The molecule has 1 aliphatic heterocycles. The van der Waals surface area contributed by atoms with Crippen molar-refractivity contribution in [2.75, 3.05) is 19.1 Å². The third-order valence-corrected chi connectivity index (χ3v) is 5.49. The molecule has 0 bridgehead atoms. The summed E-state index contributed by atoms with van der Waals surface area (Å²) in [5.74, 6) is 0.175. The zero-order valence-electron chi connectivity index (χ0n) is 11.7. The summed E-state index contributed by atoms with van der Waals surface area (Å²) in [6, 6.07) is 3.62. The SMILES string of the molecule is CS(=O)(=O)c1cccc(S(C)(=O)=O)c1C1CCNC(N)=N1. The lowest BCUT2D eigenvalue weighted by molar-refractivity contribution is 0.564. The summed E-state index contributed by atoms with van der Waals surface area (Å²) in [4.78, 5) is 4.12. The van der Waals surface area contributed by atoms with Gasteiger partial charge in [-0.1, -0.05) is 6.07 Å². The van der Waals surface area contributed by atoms with Crippen molar-refractivity contribution in [3.05, 3.63) is 23.8 Å². The highest BCUT2D eigenvalue weighted by atomic mass is 32.2. The van der Waals surface area contributed by atoms with Gasteiger partial charge in [0.05, 0.1) is 15.8 Å². The van der Waals surface area contributed by atoms with E-state index in [0.29, 0.717) is 13.0 Å². The number of nitrogens with zero attached hydrogens (tertiary/aromatic N) is 1. The summed E-state index contributed by atoms with van der Waals surface area (Å²) < 4.78 is 47.9. The number of rotatable bonds is 3. The Labute approximate surface area is 124 Å². The Bertz CT molecular complexity index is 748. The summed E-state index contributed by atoms with van der Waals surface area (Å²) in [6.07, 6.45) is 2.56. The van der Waals surface area contributed by atoms with E-state index in [2.05, 4.69) is 10.3 Å². The third-order valence-electron chi connectivity index (χ3n) is 3.18. The molecule has 116 valence electrons. The Balaban J connectivity index is 2.80. The van der Waals surface area contributed by atoms with E-state index < -0.39 is 25.7 Å². The van der Waals surface area contributed by atoms with Crippen LogP contribution < -0.4 is 11.1 Å². The Kier molecular flexibility index (Phi) is 3.98. The molecule has 9 heteroatoms. The number of guanidine groups is 1. The maximum atomic E-state index is 12.0. The first-order valence-corrected chi connectivity index (χ1v) is 9.99. The van der Waals surface area contributed by atoms with E-state index in [9.17, 15) is 16.8 Å². The molecule has 1 unspecified atom stereocenters. The fourth-order valence-electron chi connectivity index (χ4n) is 2.32. The van der Waals surface area contributed by atoms with Gasteiger partial charge >= 0.3 is 0 Å². The van der Waals surface area contributed by atoms with Crippen molar-refractivity contribution < 1.29 is 16.8 Å². The monoisotopic (exact) mass is 331 g/mol. The molecule has 7 nitrogen and oxygen atoms in total. The lowest BCUT2D eigenvalue weighted by Gasteiger charge is -2.23. The lowest BCUT2D eigenvalue weighted by atomic mass is 10.0. The quantitative estimate of drug-likeness (QED) is 0.794. The van der Waals surface area contributed by atoms with E-state index in [0.717, 1.165) is 12.5 Å². The molecular formula is C12H17N3O4S2. The normalized spacial score (nSPS) is 19.7. The maximum Gasteiger partial charge on any atom is 0.189 e. The van der Waals surface area contributed by atoms with Gasteiger partial charge in [-0.05, 0) is 18.6 Å². The first-order valence-electron chi connectivity index (χ1n) is 6.21. The van der Waals surface area contributed by atoms with Gasteiger partial charge in [0.1, 0.15) is 0 Å². The van der Waals surface area contributed by atoms with Gasteiger partial charge in [0.25, 0.3) is 0 Å². The maximum absolute atomic E-state index is 12.0. The first-order chi connectivity index (χ1) is 9.60. The molecule has 0 spiro atoms. The minimum atomic E-state index is -3.58. The predicted octanol–water partition coefficient (Wildman–Crippen LogP) is -0.157. The average molecular weight is 331 g/mol. The molecule has 1 heterocycles. The van der Waals surface area contributed by atoms with E-state index in [1.54, 1.807) is 0 Å². The molecule has 1 aromatic carbocycles. The summed E-state index contributed by atoms with van der Waals surface area (Å²) in [5, 5.41) is 2.83. The summed E-state index contributed by atoms with van der Waals surface area (Å²) in [5.41, 5.74) is 5.82. The van der Waals surface area contributed by atoms with Crippen LogP contribution in [0.1, 0.15) is 18.0 Å². The molecule has 2 rings (SSSR count). The van der Waals surface area contributed by atoms with Crippen LogP contribution in [-0.2, 0) is 19.7 Å². The number of nitrogens with two attached hydrogens (primary N) is 1. The van der Waals surface area contributed by atoms with Crippen molar-refractivity contribution in [2.24, 2.45) is 10.7 Å². The molecule has 1 aromatic rings. The van der Waals surface area contributed by atoms with Gasteiger partial charge in [-0.25, -0.2) is 21.8 Å². The van der Waals surface area contributed by atoms with Crippen molar-refractivity contribution >= 4 is 25.6 Å². The standard InChI is InChI=1S/C12H17N3O4S2/c1-20(16,17)9-4-3-5-10(21(2,18)19)11(9)8-6-7-14-12(13)15-8/h3-5,8H,6-7H2,1-2H3,(H3,13,14,15). The Morgan fingerprint density at radius 3 is 2.10 bits per heavy atom. The Hall–Kier alpha value is -1.61. The van der Waals surface area contributed by atoms with Crippen molar-refractivity contribution in [3.8, 4) is 0 Å². The third kappa shape index (κ3) is 3.35. The number of benzene rings is 1. The molecule has 0 saturated carbocycles. The molecule has 21 heavy (non-hydrogen) atoms. The highest BCUT2D eigenvalue weighted by molar-refractivity contribution is 7.91. The molecule has 0 aromatic heterocycles. The van der Waals surface area contributed by atoms with Crippen LogP contribution in [0.5, 0.6) is 0 Å². The smallest absolute Gasteiger partial charge is 0.189 e. The number of aliphatic imine (C=N–C) groups is 1. The van der Waals surface area contributed by atoms with Crippen LogP contribution >= 0.6 is 0 Å². The van der Waals surface area contributed by atoms with Crippen LogP contribution in [0.25, 0.3) is 0 Å². The first kappa shape index (κ1) is 15.8. The molecule has 0 amide bonds. The second-order valence-electron chi connectivity index (χ2n) is 4.96. The van der Waals surface area contributed by atoms with Gasteiger partial charge in [-0.15, -0.1) is 0 Å². The minimum absolute atomic E-state index is 0.0196. The fraction of sp³-hybridized carbons (Fsp3) is 0.417. The molecule has 1 aliphatic rings. The van der Waals surface area contributed by atoms with E-state index in [4.69, 9.17) is 5.73 Å². The van der Waals surface area contributed by atoms with Crippen molar-refractivity contribution in [3.63, 3.8) is 0 Å². The van der Waals surface area contributed by atoms with Crippen LogP contribution in [0.4, 0.5) is 0 Å². The summed E-state index contributed by atoms with van der Waals surface area (Å²) in [6.45, 7) is 0.501. The van der Waals surface area contributed by atoms with Crippen LogP contribution in [-0.4, -0.2) is 41.9 Å². The number of hydrogen-bond acceptors (Lipinski definition) is 7. The average Bonchev–Trinajstić information content (AvgIpc) is 2.36. The van der Waals surface area contributed by atoms with Crippen molar-refractivity contribution in [2.45, 2.75) is 22.3 Å². The van der Waals surface area contributed by atoms with Crippen LogP contribution in [0.15, 0.2) is 33.0 Å². The van der Waals surface area contributed by atoms with Gasteiger partial charge in [0.2, 0.25) is 0 Å². The molecule has 0 radical (unpaired) electrons. The fourth-order valence-corrected chi connectivity index (χ4v) is 4.33. The largest absolute Gasteiger partial charge is 0.370 e. The van der Waals surface area contributed by atoms with E-state index in [1.807, 2.05) is 0 Å². The van der Waals surface area contributed by atoms with E-state index in [1.165, 1.54) is 18.2 Å². The Morgan fingerprint density at radius 2 is 1.67 bits per heavy atom.